The average molecular weight is 744 g/mol. The summed E-state index contributed by atoms with van der Waals surface area (Å²) in [6, 6.07) is 44.9. The average Bonchev–Trinajstić information content (AvgIpc) is 3.23. The molecule has 5 rings (SSSR count). The molecule has 0 bridgehead atoms. The molecule has 1 fully saturated rings. The van der Waals surface area contributed by atoms with E-state index in [2.05, 4.69) is 136 Å². The molecule has 0 N–H and O–H groups in total. The molecule has 0 nitrogen and oxygen atoms in total. The summed E-state index contributed by atoms with van der Waals surface area (Å²) < 4.78 is 0. The molecule has 4 aromatic carbocycles. The van der Waals surface area contributed by atoms with E-state index in [4.69, 9.17) is 0 Å². The van der Waals surface area contributed by atoms with Crippen LogP contribution >= 0.6 is 27.6 Å². The Morgan fingerprint density at radius 2 is 0.938 bits per heavy atom. The van der Waals surface area contributed by atoms with E-state index in [1.807, 2.05) is 33.3 Å². The van der Waals surface area contributed by atoms with Crippen molar-refractivity contribution in [3.8, 4) is 0 Å². The topological polar surface area (TPSA) is 0 Å². The number of rotatable bonds is 6. The van der Waals surface area contributed by atoms with E-state index in [-0.39, 0.29) is 9.63 Å². The summed E-state index contributed by atoms with van der Waals surface area (Å²) in [6.45, 7) is -2.26. The first-order valence-electron chi connectivity index (χ1n) is 9.44. The number of hydrogen-bond donors (Lipinski definition) is 0. The predicted octanol–water partition coefficient (Wildman–Crippen LogP) is 6.00. The molecular formula is C24H20BrNi5P2. The Bertz CT molecular complexity index is 1060. The molecule has 4 aromatic rings. The van der Waals surface area contributed by atoms with Crippen molar-refractivity contribution in [1.82, 2.24) is 0 Å². The van der Waals surface area contributed by atoms with Crippen molar-refractivity contribution in [2.45, 2.75) is 0 Å². The zero-order valence-electron chi connectivity index (χ0n) is 16.4. The summed E-state index contributed by atoms with van der Waals surface area (Å²) in [5, 5.41) is 5.95. The molecule has 1 saturated heterocycles. The van der Waals surface area contributed by atoms with E-state index in [9.17, 15) is 0 Å². The van der Waals surface area contributed by atoms with Gasteiger partial charge < -0.3 is 0 Å². The Labute approximate surface area is 217 Å². The molecule has 0 aromatic heterocycles. The fourth-order valence-electron chi connectivity index (χ4n) is 2.92. The molecule has 8 heteroatoms. The van der Waals surface area contributed by atoms with Gasteiger partial charge in [-0.15, -0.1) is 0 Å². The summed E-state index contributed by atoms with van der Waals surface area (Å²) in [7, 11) is 0.000117. The van der Waals surface area contributed by atoms with E-state index in [0.717, 1.165) is 0 Å². The van der Waals surface area contributed by atoms with Crippen LogP contribution in [0.25, 0.3) is 0 Å². The predicted molar refractivity (Wildman–Crippen MR) is 127 cm³/mol. The zero-order valence-corrected chi connectivity index (χ0v) is 24.7. The molecule has 0 saturated carbocycles. The van der Waals surface area contributed by atoms with E-state index in [1.54, 1.807) is 0 Å². The SMILES string of the molecule is [Br][Ni]1([P](c2ccccc2)c2ccccc2)[Ni][Ni][Ni][Ni]1[P](c1ccccc1)c1ccccc1. The second-order valence-corrected chi connectivity index (χ2v) is 41.9. The second kappa shape index (κ2) is 11.6. The first kappa shape index (κ1) is 24.4. The van der Waals surface area contributed by atoms with Crippen LogP contribution in [0.4, 0.5) is 0 Å². The van der Waals surface area contributed by atoms with Crippen LogP contribution < -0.4 is 21.2 Å². The Morgan fingerprint density at radius 1 is 0.562 bits per heavy atom. The van der Waals surface area contributed by atoms with Gasteiger partial charge in [0, 0.05) is 0 Å². The second-order valence-electron chi connectivity index (χ2n) is 6.31. The van der Waals surface area contributed by atoms with Gasteiger partial charge in [-0.25, -0.2) is 0 Å². The quantitative estimate of drug-likeness (QED) is 0.168. The molecular weight excluding hydrogens is 724 g/mol. The van der Waals surface area contributed by atoms with Gasteiger partial charge in [0.25, 0.3) is 0 Å². The summed E-state index contributed by atoms with van der Waals surface area (Å²) in [5.41, 5.74) is 0. The summed E-state index contributed by atoms with van der Waals surface area (Å²) in [6.07, 6.45) is 0. The molecule has 183 valence electrons. The van der Waals surface area contributed by atoms with Crippen LogP contribution in [0.2, 0.25) is 0 Å². The molecule has 32 heavy (non-hydrogen) atoms. The molecule has 0 amide bonds. The Kier molecular flexibility index (Phi) is 8.85. The minimum absolute atomic E-state index is 0.000117. The van der Waals surface area contributed by atoms with E-state index >= 15 is 0 Å². The third kappa shape index (κ3) is 5.26. The number of halogens is 1. The molecule has 1 heterocycles. The third-order valence-electron chi connectivity index (χ3n) is 4.27. The Morgan fingerprint density at radius 3 is 1.34 bits per heavy atom. The minimum atomic E-state index is -1.30. The van der Waals surface area contributed by atoms with Crippen molar-refractivity contribution in [2.24, 2.45) is 0 Å². The van der Waals surface area contributed by atoms with Gasteiger partial charge in [0.05, 0.1) is 0 Å². The van der Waals surface area contributed by atoms with Gasteiger partial charge in [0.2, 0.25) is 0 Å². The standard InChI is InChI=1S/2C12H10P.BrH.5Ni/c2*1-3-7-11(8-4-1)13-12-9-5-2-6-10-12;;;;;;/h2*1-10H;1H;;;;;/q2*-1;;;;;+1;+2/p-1. The summed E-state index contributed by atoms with van der Waals surface area (Å²) in [5.74, 6) is 0. The van der Waals surface area contributed by atoms with Gasteiger partial charge in [-0.3, -0.25) is 0 Å². The third-order valence-corrected chi connectivity index (χ3v) is 65.0. The van der Waals surface area contributed by atoms with E-state index < -0.39 is 20.2 Å². The zero-order chi connectivity index (χ0) is 21.8. The number of benzene rings is 4. The monoisotopic (exact) mass is 739 g/mol. The maximum atomic E-state index is 4.55. The molecule has 1 aliphatic heterocycles. The van der Waals surface area contributed by atoms with Crippen molar-refractivity contribution >= 4 is 48.8 Å². The summed E-state index contributed by atoms with van der Waals surface area (Å²) >= 11 is 10.2. The van der Waals surface area contributed by atoms with Gasteiger partial charge in [0.15, 0.2) is 0 Å². The van der Waals surface area contributed by atoms with Crippen LogP contribution in [0.5, 0.6) is 0 Å². The van der Waals surface area contributed by atoms with Crippen molar-refractivity contribution < 1.29 is 49.7 Å². The Hall–Kier alpha value is 0.688. The molecule has 1 unspecified atom stereocenters. The van der Waals surface area contributed by atoms with Crippen LogP contribution in [-0.2, 0) is 49.7 Å². The maximum absolute atomic E-state index is 4.55. The van der Waals surface area contributed by atoms with Gasteiger partial charge in [-0.1, -0.05) is 0 Å². The van der Waals surface area contributed by atoms with Crippen LogP contribution in [0, 0.1) is 0 Å². The van der Waals surface area contributed by atoms with Gasteiger partial charge >= 0.3 is 220 Å². The fraction of sp³-hybridized carbons (Fsp3) is 0. The molecule has 1 atom stereocenters. The van der Waals surface area contributed by atoms with Crippen molar-refractivity contribution in [3.63, 3.8) is 0 Å². The molecule has 0 radical (unpaired) electrons. The van der Waals surface area contributed by atoms with Crippen LogP contribution in [0.1, 0.15) is 0 Å². The van der Waals surface area contributed by atoms with Gasteiger partial charge in [0.1, 0.15) is 0 Å². The van der Waals surface area contributed by atoms with E-state index in [1.165, 1.54) is 21.2 Å². The van der Waals surface area contributed by atoms with Crippen LogP contribution in [-0.4, -0.2) is 0 Å². The van der Waals surface area contributed by atoms with Crippen LogP contribution in [0.15, 0.2) is 121 Å². The van der Waals surface area contributed by atoms with Gasteiger partial charge in [-0.2, -0.15) is 0 Å². The van der Waals surface area contributed by atoms with Crippen molar-refractivity contribution in [2.75, 3.05) is 0 Å². The van der Waals surface area contributed by atoms with Crippen molar-refractivity contribution in [1.29, 1.82) is 0 Å². The first-order valence-corrected chi connectivity index (χ1v) is 24.9. The van der Waals surface area contributed by atoms with Gasteiger partial charge in [-0.05, 0) is 0 Å². The number of hydrogen-bond acceptors (Lipinski definition) is 0. The van der Waals surface area contributed by atoms with Crippen LogP contribution in [0.3, 0.4) is 0 Å². The summed E-state index contributed by atoms with van der Waals surface area (Å²) in [4.78, 5) is 0. The first-order chi connectivity index (χ1) is 15.8. The molecule has 0 spiro atoms. The Balaban J connectivity index is 1.66. The fourth-order valence-corrected chi connectivity index (χ4v) is 89.2. The van der Waals surface area contributed by atoms with Crippen molar-refractivity contribution in [3.05, 3.63) is 121 Å². The normalized spacial score (nSPS) is 22.3. The molecule has 0 aliphatic carbocycles. The molecule has 1 aliphatic rings. The van der Waals surface area contributed by atoms with E-state index in [0.29, 0.717) is 0 Å².